The average molecular weight is 342 g/mol. The first-order chi connectivity index (χ1) is 11.4. The van der Waals surface area contributed by atoms with E-state index in [2.05, 4.69) is 19.6 Å². The minimum atomic E-state index is 1.24. The highest BCUT2D eigenvalue weighted by Gasteiger charge is 1.95. The van der Waals surface area contributed by atoms with Gasteiger partial charge in [0.15, 0.2) is 0 Å². The third-order valence-corrected chi connectivity index (χ3v) is 5.51. The zero-order valence-electron chi connectivity index (χ0n) is 16.4. The van der Waals surface area contributed by atoms with Crippen LogP contribution in [0.2, 0.25) is 0 Å². The first-order valence-corrected chi connectivity index (χ1v) is 11.9. The summed E-state index contributed by atoms with van der Waals surface area (Å²) in [6, 6.07) is 0. The molecule has 0 heterocycles. The lowest BCUT2D eigenvalue weighted by molar-refractivity contribution is 0.527. The van der Waals surface area contributed by atoms with Crippen LogP contribution >= 0.6 is 11.8 Å². The average Bonchev–Trinajstić information content (AvgIpc) is 2.57. The Morgan fingerprint density at radius 2 is 0.826 bits per heavy atom. The van der Waals surface area contributed by atoms with E-state index in [0.717, 1.165) is 0 Å². The molecule has 0 bridgehead atoms. The summed E-state index contributed by atoms with van der Waals surface area (Å²) < 4.78 is 0. The van der Waals surface area contributed by atoms with Gasteiger partial charge in [0.1, 0.15) is 0 Å². The molecule has 1 heteroatoms. The van der Waals surface area contributed by atoms with Crippen molar-refractivity contribution in [1.29, 1.82) is 0 Å². The molecule has 23 heavy (non-hydrogen) atoms. The fraction of sp³-hybridized carbons (Fsp3) is 0.955. The van der Waals surface area contributed by atoms with Gasteiger partial charge in [0, 0.05) is 5.75 Å². The van der Waals surface area contributed by atoms with Crippen molar-refractivity contribution in [2.45, 2.75) is 129 Å². The van der Waals surface area contributed by atoms with E-state index in [0.29, 0.717) is 0 Å². The molecule has 0 N–H and O–H groups in total. The van der Waals surface area contributed by atoms with Crippen LogP contribution in [0.25, 0.3) is 0 Å². The van der Waals surface area contributed by atoms with Crippen LogP contribution < -0.4 is 0 Å². The van der Waals surface area contributed by atoms with Crippen LogP contribution in [-0.4, -0.2) is 5.75 Å². The number of rotatable bonds is 20. The molecule has 0 rings (SSSR count). The number of hydrogen-bond donors (Lipinski definition) is 0. The zero-order valence-corrected chi connectivity index (χ0v) is 17.2. The molecule has 0 aliphatic carbocycles. The van der Waals surface area contributed by atoms with Crippen molar-refractivity contribution in [2.24, 2.45) is 0 Å². The van der Waals surface area contributed by atoms with Crippen molar-refractivity contribution < 1.29 is 0 Å². The van der Waals surface area contributed by atoms with Gasteiger partial charge in [0.25, 0.3) is 0 Å². The third kappa shape index (κ3) is 22.4. The summed E-state index contributed by atoms with van der Waals surface area (Å²) in [5.74, 6) is 3.63. The topological polar surface area (TPSA) is 0 Å². The van der Waals surface area contributed by atoms with Crippen LogP contribution in [0.4, 0.5) is 0 Å². The van der Waals surface area contributed by atoms with Gasteiger partial charge in [-0.1, -0.05) is 123 Å². The Morgan fingerprint density at radius 3 is 1.17 bits per heavy atom. The number of hydrogen-bond acceptors (Lipinski definition) is 1. The van der Waals surface area contributed by atoms with Gasteiger partial charge in [-0.05, 0) is 12.2 Å². The van der Waals surface area contributed by atoms with E-state index < -0.39 is 0 Å². The Balaban J connectivity index is 2.92. The van der Waals surface area contributed by atoms with Crippen LogP contribution in [0.5, 0.6) is 0 Å². The summed E-state index contributed by atoms with van der Waals surface area (Å²) in [7, 11) is 0. The minimum absolute atomic E-state index is 1.24. The lowest BCUT2D eigenvalue weighted by Crippen LogP contribution is -1.84. The zero-order chi connectivity index (χ0) is 16.8. The molecule has 0 aromatic carbocycles. The van der Waals surface area contributed by atoms with E-state index in [1.807, 2.05) is 11.8 Å². The Labute approximate surface area is 153 Å². The second kappa shape index (κ2) is 22.4. The SMILES string of the molecule is CCCCCCCCCCCCCCCCCCC[CH]SCC. The molecule has 0 aliphatic heterocycles. The summed E-state index contributed by atoms with van der Waals surface area (Å²) in [4.78, 5) is 0. The van der Waals surface area contributed by atoms with Gasteiger partial charge in [-0.2, -0.15) is 11.8 Å². The Kier molecular flexibility index (Phi) is 22.7. The molecule has 0 spiro atoms. The number of unbranched alkanes of at least 4 members (excludes halogenated alkanes) is 17. The normalized spacial score (nSPS) is 11.2. The molecule has 139 valence electrons. The molecule has 0 saturated heterocycles. The molecule has 0 aliphatic rings. The second-order valence-corrected chi connectivity index (χ2v) is 8.31. The van der Waals surface area contributed by atoms with Gasteiger partial charge in [-0.3, -0.25) is 0 Å². The van der Waals surface area contributed by atoms with Crippen LogP contribution in [0.15, 0.2) is 0 Å². The van der Waals surface area contributed by atoms with Gasteiger partial charge in [0.2, 0.25) is 0 Å². The van der Waals surface area contributed by atoms with Gasteiger partial charge in [0.05, 0.1) is 0 Å². The predicted octanol–water partition coefficient (Wildman–Crippen LogP) is 8.94. The minimum Gasteiger partial charge on any atom is -0.158 e. The molecular weight excluding hydrogens is 296 g/mol. The largest absolute Gasteiger partial charge is 0.158 e. The van der Waals surface area contributed by atoms with Gasteiger partial charge in [-0.15, -0.1) is 0 Å². The Morgan fingerprint density at radius 1 is 0.478 bits per heavy atom. The van der Waals surface area contributed by atoms with E-state index in [-0.39, 0.29) is 0 Å². The first-order valence-electron chi connectivity index (χ1n) is 10.8. The van der Waals surface area contributed by atoms with Crippen molar-refractivity contribution in [2.75, 3.05) is 5.75 Å². The monoisotopic (exact) mass is 341 g/mol. The Hall–Kier alpha value is 0.350. The summed E-state index contributed by atoms with van der Waals surface area (Å²) in [6.07, 6.45) is 26.2. The molecule has 1 radical (unpaired) electrons. The summed E-state index contributed by atoms with van der Waals surface area (Å²) in [5, 5.41) is 0. The molecule has 0 aromatic heterocycles. The summed E-state index contributed by atoms with van der Waals surface area (Å²) in [6.45, 7) is 4.53. The maximum Gasteiger partial charge on any atom is 0.0166 e. The van der Waals surface area contributed by atoms with Crippen molar-refractivity contribution in [3.8, 4) is 0 Å². The van der Waals surface area contributed by atoms with Crippen molar-refractivity contribution >= 4 is 11.8 Å². The molecule has 0 amide bonds. The second-order valence-electron chi connectivity index (χ2n) is 7.07. The van der Waals surface area contributed by atoms with Crippen LogP contribution in [-0.2, 0) is 0 Å². The van der Waals surface area contributed by atoms with Crippen LogP contribution in [0.1, 0.15) is 129 Å². The number of thioether (sulfide) groups is 1. The van der Waals surface area contributed by atoms with Gasteiger partial charge < -0.3 is 0 Å². The third-order valence-electron chi connectivity index (χ3n) is 4.71. The fourth-order valence-corrected chi connectivity index (χ4v) is 3.72. The molecule has 0 aromatic rings. The van der Waals surface area contributed by atoms with E-state index in [4.69, 9.17) is 0 Å². The molecule has 0 atom stereocenters. The maximum atomic E-state index is 2.39. The smallest absolute Gasteiger partial charge is 0.0166 e. The lowest BCUT2D eigenvalue weighted by atomic mass is 10.0. The van der Waals surface area contributed by atoms with Crippen molar-refractivity contribution in [1.82, 2.24) is 0 Å². The van der Waals surface area contributed by atoms with Crippen molar-refractivity contribution in [3.63, 3.8) is 0 Å². The highest BCUT2D eigenvalue weighted by molar-refractivity contribution is 8.01. The van der Waals surface area contributed by atoms with Gasteiger partial charge >= 0.3 is 0 Å². The quantitative estimate of drug-likeness (QED) is 0.199. The Bertz CT molecular complexity index is 170. The first kappa shape index (κ1) is 23.4. The lowest BCUT2D eigenvalue weighted by Gasteiger charge is -2.03. The van der Waals surface area contributed by atoms with E-state index in [1.54, 1.807) is 0 Å². The molecule has 0 nitrogen and oxygen atoms in total. The molecular formula is C22H45S. The van der Waals surface area contributed by atoms with E-state index in [9.17, 15) is 0 Å². The van der Waals surface area contributed by atoms with Crippen LogP contribution in [0, 0.1) is 5.75 Å². The summed E-state index contributed by atoms with van der Waals surface area (Å²) >= 11 is 1.97. The van der Waals surface area contributed by atoms with E-state index >= 15 is 0 Å². The maximum absolute atomic E-state index is 2.39. The van der Waals surface area contributed by atoms with Crippen molar-refractivity contribution in [3.05, 3.63) is 5.75 Å². The van der Waals surface area contributed by atoms with Gasteiger partial charge in [-0.25, -0.2) is 0 Å². The molecule has 0 unspecified atom stereocenters. The van der Waals surface area contributed by atoms with Crippen LogP contribution in [0.3, 0.4) is 0 Å². The predicted molar refractivity (Wildman–Crippen MR) is 111 cm³/mol. The fourth-order valence-electron chi connectivity index (χ4n) is 3.15. The highest BCUT2D eigenvalue weighted by atomic mass is 32.2. The van der Waals surface area contributed by atoms with E-state index in [1.165, 1.54) is 121 Å². The standard InChI is InChI=1S/C22H45S/c1-3-5-6-7-8-9-10-11-12-13-14-15-16-17-18-19-20-21-22-23-4-2/h22H,3-21H2,1-2H3. The highest BCUT2D eigenvalue weighted by Crippen LogP contribution is 2.15. The summed E-state index contributed by atoms with van der Waals surface area (Å²) in [5.41, 5.74) is 0. The molecule has 0 saturated carbocycles. The molecule has 0 fully saturated rings.